The maximum Gasteiger partial charge on any atom is 0.196 e. The van der Waals surface area contributed by atoms with Crippen molar-refractivity contribution in [1.82, 2.24) is 0 Å². The van der Waals surface area contributed by atoms with E-state index in [4.69, 9.17) is 9.47 Å². The van der Waals surface area contributed by atoms with Crippen molar-refractivity contribution in [1.29, 1.82) is 0 Å². The third kappa shape index (κ3) is 4.23. The third-order valence-electron chi connectivity index (χ3n) is 4.59. The van der Waals surface area contributed by atoms with Crippen molar-refractivity contribution >= 4 is 5.78 Å². The lowest BCUT2D eigenvalue weighted by molar-refractivity contribution is -0.180. The van der Waals surface area contributed by atoms with Crippen LogP contribution in [-0.2, 0) is 4.74 Å². The molecular formula is C21H24O5. The average Bonchev–Trinajstić information content (AvgIpc) is 3.22. The number of hydrogen-bond acceptors (Lipinski definition) is 5. The van der Waals surface area contributed by atoms with Crippen LogP contribution in [0.15, 0.2) is 48.5 Å². The number of carbonyl (C=O) groups is 1. The smallest absolute Gasteiger partial charge is 0.196 e. The molecule has 5 heteroatoms. The molecule has 1 fully saturated rings. The Bertz CT molecular complexity index is 794. The van der Waals surface area contributed by atoms with Gasteiger partial charge in [0.1, 0.15) is 17.1 Å². The van der Waals surface area contributed by atoms with E-state index >= 15 is 0 Å². The van der Waals surface area contributed by atoms with E-state index < -0.39 is 11.4 Å². The molecule has 1 aliphatic carbocycles. The van der Waals surface area contributed by atoms with Crippen molar-refractivity contribution in [2.24, 2.45) is 5.92 Å². The van der Waals surface area contributed by atoms with E-state index in [0.29, 0.717) is 17.9 Å². The normalized spacial score (nSPS) is 22.1. The molecule has 0 aromatic heterocycles. The zero-order valence-electron chi connectivity index (χ0n) is 15.2. The van der Waals surface area contributed by atoms with Gasteiger partial charge in [0.05, 0.1) is 12.2 Å². The Morgan fingerprint density at radius 3 is 2.54 bits per heavy atom. The highest BCUT2D eigenvalue weighted by Gasteiger charge is 2.53. The quantitative estimate of drug-likeness (QED) is 0.586. The van der Waals surface area contributed by atoms with Gasteiger partial charge in [-0.15, -0.1) is 0 Å². The second kappa shape index (κ2) is 6.74. The molecule has 0 saturated heterocycles. The molecule has 1 saturated carbocycles. The van der Waals surface area contributed by atoms with E-state index in [9.17, 15) is 15.0 Å². The van der Waals surface area contributed by atoms with Crippen molar-refractivity contribution in [3.63, 3.8) is 0 Å². The maximum atomic E-state index is 12.5. The number of ether oxygens (including phenoxy) is 2. The fraction of sp³-hybridized carbons (Fsp3) is 0.381. The number of phenols is 1. The Morgan fingerprint density at radius 1 is 1.23 bits per heavy atom. The fourth-order valence-electron chi connectivity index (χ4n) is 2.88. The van der Waals surface area contributed by atoms with Crippen LogP contribution in [0.3, 0.4) is 0 Å². The SMILES string of the molecule is CC(C)(O)OCC1CC1(C)Oc1ccc(C(=O)c2ccccc2)c(O)c1. The third-order valence-corrected chi connectivity index (χ3v) is 4.59. The number of carbonyl (C=O) groups excluding carboxylic acids is 1. The van der Waals surface area contributed by atoms with Gasteiger partial charge >= 0.3 is 0 Å². The highest BCUT2D eigenvalue weighted by Crippen LogP contribution is 2.47. The number of rotatable bonds is 7. The Hall–Kier alpha value is -2.37. The first kappa shape index (κ1) is 18.4. The number of benzene rings is 2. The van der Waals surface area contributed by atoms with E-state index in [-0.39, 0.29) is 23.0 Å². The van der Waals surface area contributed by atoms with Crippen molar-refractivity contribution in [2.75, 3.05) is 6.61 Å². The Morgan fingerprint density at radius 2 is 1.92 bits per heavy atom. The minimum absolute atomic E-state index is 0.107. The molecule has 1 aliphatic rings. The molecule has 138 valence electrons. The minimum Gasteiger partial charge on any atom is -0.507 e. The molecule has 0 radical (unpaired) electrons. The molecule has 5 nitrogen and oxygen atoms in total. The summed E-state index contributed by atoms with van der Waals surface area (Å²) in [6, 6.07) is 13.6. The van der Waals surface area contributed by atoms with Gasteiger partial charge in [0.2, 0.25) is 0 Å². The number of aromatic hydroxyl groups is 1. The molecule has 2 atom stereocenters. The monoisotopic (exact) mass is 356 g/mol. The Kier molecular flexibility index (Phi) is 4.78. The zero-order chi connectivity index (χ0) is 18.9. The lowest BCUT2D eigenvalue weighted by Gasteiger charge is -2.20. The van der Waals surface area contributed by atoms with Crippen LogP contribution in [0.1, 0.15) is 43.1 Å². The summed E-state index contributed by atoms with van der Waals surface area (Å²) in [5, 5.41) is 19.9. The number of aliphatic hydroxyl groups is 1. The predicted octanol–water partition coefficient (Wildman–Crippen LogP) is 3.53. The summed E-state index contributed by atoms with van der Waals surface area (Å²) in [6.07, 6.45) is 0.800. The Balaban J connectivity index is 1.66. The van der Waals surface area contributed by atoms with Gasteiger partial charge in [-0.1, -0.05) is 30.3 Å². The summed E-state index contributed by atoms with van der Waals surface area (Å²) < 4.78 is 11.4. The first-order chi connectivity index (χ1) is 12.2. The zero-order valence-corrected chi connectivity index (χ0v) is 15.2. The van der Waals surface area contributed by atoms with Gasteiger partial charge in [0.15, 0.2) is 11.6 Å². The van der Waals surface area contributed by atoms with Crippen molar-refractivity contribution < 1.29 is 24.5 Å². The first-order valence-corrected chi connectivity index (χ1v) is 8.66. The van der Waals surface area contributed by atoms with Crippen molar-refractivity contribution in [2.45, 2.75) is 38.6 Å². The Labute approximate surface area is 153 Å². The predicted molar refractivity (Wildman–Crippen MR) is 97.4 cm³/mol. The van der Waals surface area contributed by atoms with Gasteiger partial charge in [-0.25, -0.2) is 0 Å². The average molecular weight is 356 g/mol. The van der Waals surface area contributed by atoms with Gasteiger partial charge in [0.25, 0.3) is 0 Å². The standard InChI is InChI=1S/C21H24O5/c1-20(2,24)25-13-15-12-21(15,3)26-16-9-10-17(18(22)11-16)19(23)14-7-5-4-6-8-14/h4-11,15,22,24H,12-13H2,1-3H3. The number of ketones is 1. The van der Waals surface area contributed by atoms with Crippen LogP contribution < -0.4 is 4.74 Å². The van der Waals surface area contributed by atoms with Gasteiger partial charge in [0, 0.05) is 17.5 Å². The van der Waals surface area contributed by atoms with Gasteiger partial charge < -0.3 is 19.7 Å². The molecule has 2 aromatic carbocycles. The molecule has 0 aliphatic heterocycles. The van der Waals surface area contributed by atoms with Crippen LogP contribution in [0, 0.1) is 5.92 Å². The van der Waals surface area contributed by atoms with Crippen LogP contribution in [0.2, 0.25) is 0 Å². The molecule has 3 rings (SSSR count). The number of phenolic OH excluding ortho intramolecular Hbond substituents is 1. The summed E-state index contributed by atoms with van der Waals surface area (Å²) in [4.78, 5) is 12.5. The maximum absolute atomic E-state index is 12.5. The van der Waals surface area contributed by atoms with E-state index in [1.807, 2.05) is 13.0 Å². The lowest BCUT2D eigenvalue weighted by atomic mass is 10.0. The molecule has 26 heavy (non-hydrogen) atoms. The van der Waals surface area contributed by atoms with Crippen LogP contribution >= 0.6 is 0 Å². The molecular weight excluding hydrogens is 332 g/mol. The van der Waals surface area contributed by atoms with E-state index in [2.05, 4.69) is 0 Å². The summed E-state index contributed by atoms with van der Waals surface area (Å²) in [6.45, 7) is 5.55. The van der Waals surface area contributed by atoms with E-state index in [1.54, 1.807) is 50.2 Å². The highest BCUT2D eigenvalue weighted by atomic mass is 16.6. The van der Waals surface area contributed by atoms with Crippen LogP contribution in [0.25, 0.3) is 0 Å². The summed E-state index contributed by atoms with van der Waals surface area (Å²) >= 11 is 0. The van der Waals surface area contributed by atoms with Crippen LogP contribution in [0.4, 0.5) is 0 Å². The van der Waals surface area contributed by atoms with Crippen LogP contribution in [-0.4, -0.2) is 34.0 Å². The summed E-state index contributed by atoms with van der Waals surface area (Å²) in [5.41, 5.74) is 0.365. The number of hydrogen-bond donors (Lipinski definition) is 2. The van der Waals surface area contributed by atoms with E-state index in [1.165, 1.54) is 6.07 Å². The van der Waals surface area contributed by atoms with Gasteiger partial charge in [-0.2, -0.15) is 0 Å². The molecule has 2 unspecified atom stereocenters. The minimum atomic E-state index is -1.17. The summed E-state index contributed by atoms with van der Waals surface area (Å²) in [5.74, 6) is -0.836. The fourth-order valence-corrected chi connectivity index (χ4v) is 2.88. The van der Waals surface area contributed by atoms with Crippen molar-refractivity contribution in [3.8, 4) is 11.5 Å². The second-order valence-electron chi connectivity index (χ2n) is 7.45. The van der Waals surface area contributed by atoms with E-state index in [0.717, 1.165) is 6.42 Å². The summed E-state index contributed by atoms with van der Waals surface area (Å²) in [7, 11) is 0. The second-order valence-corrected chi connectivity index (χ2v) is 7.45. The molecule has 2 aromatic rings. The first-order valence-electron chi connectivity index (χ1n) is 8.66. The molecule has 2 N–H and O–H groups in total. The topological polar surface area (TPSA) is 76.0 Å². The van der Waals surface area contributed by atoms with Crippen LogP contribution in [0.5, 0.6) is 11.5 Å². The largest absolute Gasteiger partial charge is 0.507 e. The molecule has 0 amide bonds. The lowest BCUT2D eigenvalue weighted by Crippen LogP contribution is -2.27. The highest BCUT2D eigenvalue weighted by molar-refractivity contribution is 6.10. The van der Waals surface area contributed by atoms with Gasteiger partial charge in [-0.05, 0) is 39.3 Å². The van der Waals surface area contributed by atoms with Gasteiger partial charge in [-0.3, -0.25) is 4.79 Å². The van der Waals surface area contributed by atoms with Crippen molar-refractivity contribution in [3.05, 3.63) is 59.7 Å². The molecule has 0 heterocycles. The molecule has 0 bridgehead atoms. The molecule has 0 spiro atoms.